The zero-order valence-corrected chi connectivity index (χ0v) is 29.5. The highest BCUT2D eigenvalue weighted by atomic mass is 16.7. The first kappa shape index (κ1) is 38.9. The molecule has 0 bridgehead atoms. The molecule has 3 rings (SSSR count). The van der Waals surface area contributed by atoms with Gasteiger partial charge >= 0.3 is 12.0 Å². The summed E-state index contributed by atoms with van der Waals surface area (Å²) < 4.78 is 17.3. The van der Waals surface area contributed by atoms with Gasteiger partial charge in [-0.15, -0.1) is 0 Å². The topological polar surface area (TPSA) is 151 Å². The zero-order valence-electron chi connectivity index (χ0n) is 29.5. The van der Waals surface area contributed by atoms with E-state index in [9.17, 15) is 19.2 Å². The van der Waals surface area contributed by atoms with E-state index < -0.39 is 54.2 Å². The van der Waals surface area contributed by atoms with Gasteiger partial charge < -0.3 is 29.7 Å². The van der Waals surface area contributed by atoms with Crippen LogP contribution in [0.25, 0.3) is 10.8 Å². The van der Waals surface area contributed by atoms with E-state index in [1.54, 1.807) is 50.2 Å². The van der Waals surface area contributed by atoms with E-state index in [-0.39, 0.29) is 19.6 Å². The van der Waals surface area contributed by atoms with Crippen molar-refractivity contribution in [3.63, 3.8) is 0 Å². The molecule has 0 saturated carbocycles. The molecule has 3 N–H and O–H groups in total. The number of ether oxygens (including phenoxy) is 3. The number of amides is 4. The molecule has 1 heterocycles. The molecule has 0 fully saturated rings. The maximum atomic E-state index is 14.6. The van der Waals surface area contributed by atoms with Crippen molar-refractivity contribution in [2.45, 2.75) is 85.0 Å². The summed E-state index contributed by atoms with van der Waals surface area (Å²) in [6, 6.07) is 14.8. The minimum absolute atomic E-state index is 0.151. The second-order valence-corrected chi connectivity index (χ2v) is 12.5. The van der Waals surface area contributed by atoms with Crippen molar-refractivity contribution in [1.29, 1.82) is 0 Å². The van der Waals surface area contributed by atoms with Crippen LogP contribution in [0.1, 0.15) is 59.1 Å². The maximum Gasteiger partial charge on any atom is 0.329 e. The Morgan fingerprint density at radius 1 is 0.918 bits per heavy atom. The smallest absolute Gasteiger partial charge is 0.329 e. The Labute approximate surface area is 288 Å². The van der Waals surface area contributed by atoms with Crippen LogP contribution in [-0.4, -0.2) is 89.5 Å². The summed E-state index contributed by atoms with van der Waals surface area (Å²) >= 11 is 0. The third-order valence-electron chi connectivity index (χ3n) is 7.35. The molecule has 2 unspecified atom stereocenters. The van der Waals surface area contributed by atoms with E-state index in [1.807, 2.05) is 63.2 Å². The van der Waals surface area contributed by atoms with E-state index in [0.29, 0.717) is 13.2 Å². The molecular weight excluding hydrogens is 628 g/mol. The van der Waals surface area contributed by atoms with Gasteiger partial charge in [-0.25, -0.2) is 9.80 Å². The average Bonchev–Trinajstić information content (AvgIpc) is 3.04. The number of hydrazine groups is 1. The summed E-state index contributed by atoms with van der Waals surface area (Å²) in [7, 11) is 1.51. The normalized spacial score (nSPS) is 12.8. The fourth-order valence-corrected chi connectivity index (χ4v) is 5.18. The van der Waals surface area contributed by atoms with Gasteiger partial charge in [0.1, 0.15) is 11.6 Å². The summed E-state index contributed by atoms with van der Waals surface area (Å²) in [6.45, 7) is 11.5. The second kappa shape index (κ2) is 18.8. The summed E-state index contributed by atoms with van der Waals surface area (Å²) in [5.74, 6) is -1.77. The number of carbonyl (C=O) groups is 4. The number of pyridine rings is 1. The Kier molecular flexibility index (Phi) is 14.9. The SMILES string of the molecule is CCOC(OCC)C(C)N(Cc1cccc2ccccc12)C(=O)C(CC(=O)OC(C)(C)C)NC(=O)CN(C)NC(=O)NCc1ccncc1. The first-order valence-corrected chi connectivity index (χ1v) is 16.5. The third kappa shape index (κ3) is 12.7. The largest absolute Gasteiger partial charge is 0.460 e. The summed E-state index contributed by atoms with van der Waals surface area (Å²) in [4.78, 5) is 59.0. The van der Waals surface area contributed by atoms with E-state index in [4.69, 9.17) is 14.2 Å². The van der Waals surface area contributed by atoms with E-state index >= 15 is 0 Å². The van der Waals surface area contributed by atoms with Crippen molar-refractivity contribution in [3.8, 4) is 0 Å². The van der Waals surface area contributed by atoms with Crippen molar-refractivity contribution in [2.24, 2.45) is 0 Å². The summed E-state index contributed by atoms with van der Waals surface area (Å²) in [6.07, 6.45) is 2.06. The number of nitrogens with one attached hydrogen (secondary N) is 3. The Hall–Kier alpha value is -4.59. The first-order chi connectivity index (χ1) is 23.3. The van der Waals surface area contributed by atoms with Gasteiger partial charge in [-0.3, -0.25) is 24.8 Å². The van der Waals surface area contributed by atoms with Gasteiger partial charge in [0.2, 0.25) is 11.8 Å². The zero-order chi connectivity index (χ0) is 36.0. The van der Waals surface area contributed by atoms with Crippen molar-refractivity contribution >= 4 is 34.6 Å². The number of nitrogens with zero attached hydrogens (tertiary/aromatic N) is 3. The van der Waals surface area contributed by atoms with E-state index in [0.717, 1.165) is 21.9 Å². The lowest BCUT2D eigenvalue weighted by molar-refractivity contribution is -0.180. The highest BCUT2D eigenvalue weighted by molar-refractivity contribution is 5.92. The van der Waals surface area contributed by atoms with Crippen molar-refractivity contribution < 1.29 is 33.4 Å². The molecule has 0 radical (unpaired) electrons. The molecule has 4 amide bonds. The number of benzene rings is 2. The Bertz CT molecular complexity index is 1520. The highest BCUT2D eigenvalue weighted by Gasteiger charge is 2.36. The van der Waals surface area contributed by atoms with Gasteiger partial charge in [0.15, 0.2) is 6.29 Å². The minimum atomic E-state index is -1.29. The second-order valence-electron chi connectivity index (χ2n) is 12.5. The van der Waals surface area contributed by atoms with Crippen molar-refractivity contribution in [3.05, 3.63) is 78.1 Å². The van der Waals surface area contributed by atoms with Crippen LogP contribution < -0.4 is 16.1 Å². The van der Waals surface area contributed by atoms with Crippen LogP contribution in [0.3, 0.4) is 0 Å². The molecule has 0 saturated heterocycles. The molecule has 13 heteroatoms. The lowest BCUT2D eigenvalue weighted by Crippen LogP contribution is -2.56. The molecule has 2 aromatic carbocycles. The molecule has 0 aliphatic carbocycles. The monoisotopic (exact) mass is 678 g/mol. The van der Waals surface area contributed by atoms with E-state index in [1.165, 1.54) is 12.1 Å². The van der Waals surface area contributed by atoms with Crippen molar-refractivity contribution in [2.75, 3.05) is 26.8 Å². The molecule has 0 aliphatic heterocycles. The van der Waals surface area contributed by atoms with Crippen LogP contribution in [0, 0.1) is 0 Å². The lowest BCUT2D eigenvalue weighted by Gasteiger charge is -2.37. The van der Waals surface area contributed by atoms with Gasteiger partial charge in [-0.05, 0) is 75.6 Å². The maximum absolute atomic E-state index is 14.6. The molecule has 49 heavy (non-hydrogen) atoms. The molecule has 3 aromatic rings. The molecule has 0 aliphatic rings. The predicted octanol–water partition coefficient (Wildman–Crippen LogP) is 3.91. The summed E-state index contributed by atoms with van der Waals surface area (Å²) in [5, 5.41) is 8.68. The number of urea groups is 1. The minimum Gasteiger partial charge on any atom is -0.460 e. The molecule has 0 spiro atoms. The number of hydrogen-bond donors (Lipinski definition) is 3. The van der Waals surface area contributed by atoms with Crippen molar-refractivity contribution in [1.82, 2.24) is 31.0 Å². The van der Waals surface area contributed by atoms with Crippen LogP contribution in [0.2, 0.25) is 0 Å². The molecule has 1 aromatic heterocycles. The number of esters is 1. The molecule has 2 atom stereocenters. The average molecular weight is 679 g/mol. The Morgan fingerprint density at radius 3 is 2.22 bits per heavy atom. The van der Waals surface area contributed by atoms with Crippen LogP contribution in [0.4, 0.5) is 4.79 Å². The number of fused-ring (bicyclic) bond motifs is 1. The van der Waals surface area contributed by atoms with Gasteiger partial charge in [0.25, 0.3) is 0 Å². The number of likely N-dealkylation sites (N-methyl/N-ethyl adjacent to an activating group) is 1. The fraction of sp³-hybridized carbons (Fsp3) is 0.472. The van der Waals surface area contributed by atoms with Gasteiger partial charge in [0.05, 0.1) is 19.0 Å². The van der Waals surface area contributed by atoms with Crippen LogP contribution in [0.5, 0.6) is 0 Å². The quantitative estimate of drug-likeness (QED) is 0.110. The van der Waals surface area contributed by atoms with Crippen LogP contribution in [-0.2, 0) is 41.7 Å². The number of carbonyl (C=O) groups excluding carboxylic acids is 4. The third-order valence-corrected chi connectivity index (χ3v) is 7.35. The number of aromatic nitrogens is 1. The fourth-order valence-electron chi connectivity index (χ4n) is 5.18. The van der Waals surface area contributed by atoms with Gasteiger partial charge in [-0.2, -0.15) is 0 Å². The van der Waals surface area contributed by atoms with E-state index in [2.05, 4.69) is 21.0 Å². The van der Waals surface area contributed by atoms with Gasteiger partial charge in [0, 0.05) is 45.7 Å². The number of hydrogen-bond acceptors (Lipinski definition) is 9. The molecular formula is C36H50N6O7. The Morgan fingerprint density at radius 2 is 1.57 bits per heavy atom. The molecule has 266 valence electrons. The molecule has 13 nitrogen and oxygen atoms in total. The standard InChI is InChI=1S/C36H50N6O7/c1-8-47-34(48-9-2)25(3)42(23-28-15-12-14-27-13-10-11-16-29(27)28)33(45)30(21-32(44)49-36(4,5)6)39-31(43)24-41(7)40-35(46)38-22-26-17-19-37-20-18-26/h10-20,25,30,34H,8-9,21-24H2,1-7H3,(H,39,43)(H2,38,40,46). The first-order valence-electron chi connectivity index (χ1n) is 16.5. The number of rotatable bonds is 17. The van der Waals surface area contributed by atoms with Crippen LogP contribution in [0.15, 0.2) is 67.0 Å². The predicted molar refractivity (Wildman–Crippen MR) is 186 cm³/mol. The summed E-state index contributed by atoms with van der Waals surface area (Å²) in [5.41, 5.74) is 3.49. The van der Waals surface area contributed by atoms with Gasteiger partial charge in [-0.1, -0.05) is 42.5 Å². The highest BCUT2D eigenvalue weighted by Crippen LogP contribution is 2.24. The Balaban J connectivity index is 1.86. The lowest BCUT2D eigenvalue weighted by atomic mass is 10.0. The van der Waals surface area contributed by atoms with Crippen LogP contribution >= 0.6 is 0 Å².